The van der Waals surface area contributed by atoms with E-state index >= 15 is 0 Å². The van der Waals surface area contributed by atoms with Crippen molar-refractivity contribution in [1.82, 2.24) is 5.32 Å². The molecule has 0 saturated heterocycles. The minimum atomic E-state index is 0. The summed E-state index contributed by atoms with van der Waals surface area (Å²) >= 11 is 3.48. The molecule has 0 aliphatic carbocycles. The monoisotopic (exact) mass is 279 g/mol. The Kier molecular flexibility index (Phi) is 4.04. The molecule has 1 aromatic rings. The number of hydrogen-bond acceptors (Lipinski definition) is 3. The van der Waals surface area contributed by atoms with Gasteiger partial charge in [0.05, 0.1) is 0 Å². The van der Waals surface area contributed by atoms with Crippen LogP contribution < -0.4 is 14.8 Å². The molecule has 0 atom stereocenters. The fourth-order valence-corrected chi connectivity index (χ4v) is 1.75. The van der Waals surface area contributed by atoms with Crippen molar-refractivity contribution in [2.45, 2.75) is 6.54 Å². The molecule has 3 nitrogen and oxygen atoms in total. The van der Waals surface area contributed by atoms with Crippen LogP contribution in [0, 0.1) is 0 Å². The first-order valence-corrected chi connectivity index (χ1v) is 4.83. The zero-order chi connectivity index (χ0) is 9.26. The topological polar surface area (TPSA) is 30.5 Å². The van der Waals surface area contributed by atoms with E-state index < -0.39 is 0 Å². The van der Waals surface area contributed by atoms with E-state index in [2.05, 4.69) is 21.2 Å². The fraction of sp³-hybridized carbons (Fsp3) is 0.333. The van der Waals surface area contributed by atoms with Gasteiger partial charge in [-0.1, -0.05) is 15.9 Å². The van der Waals surface area contributed by atoms with Crippen LogP contribution in [0.15, 0.2) is 16.6 Å². The molecule has 0 saturated carbocycles. The first-order valence-electron chi connectivity index (χ1n) is 4.04. The molecule has 78 valence electrons. The molecule has 1 aromatic carbocycles. The maximum Gasteiger partial charge on any atom is 0.231 e. The molecule has 5 heteroatoms. The SMILES string of the molecule is CNCc1cc2c(cc1Br)OCO2.Cl. The molecule has 1 heterocycles. The third-order valence-electron chi connectivity index (χ3n) is 1.91. The molecule has 0 bridgehead atoms. The van der Waals surface area contributed by atoms with Gasteiger partial charge < -0.3 is 14.8 Å². The Hall–Kier alpha value is -0.450. The molecule has 2 rings (SSSR count). The van der Waals surface area contributed by atoms with Crippen LogP contribution in [0.2, 0.25) is 0 Å². The van der Waals surface area contributed by atoms with Gasteiger partial charge in [0.1, 0.15) is 0 Å². The molecular weight excluding hydrogens is 269 g/mol. The van der Waals surface area contributed by atoms with E-state index in [-0.39, 0.29) is 12.4 Å². The molecule has 1 N–H and O–H groups in total. The van der Waals surface area contributed by atoms with E-state index in [1.54, 1.807) is 0 Å². The summed E-state index contributed by atoms with van der Waals surface area (Å²) in [7, 11) is 1.91. The highest BCUT2D eigenvalue weighted by molar-refractivity contribution is 9.10. The highest BCUT2D eigenvalue weighted by atomic mass is 79.9. The average molecular weight is 281 g/mol. The van der Waals surface area contributed by atoms with E-state index in [1.807, 2.05) is 19.2 Å². The summed E-state index contributed by atoms with van der Waals surface area (Å²) in [5.74, 6) is 1.64. The van der Waals surface area contributed by atoms with Crippen LogP contribution in [-0.4, -0.2) is 13.8 Å². The first-order chi connectivity index (χ1) is 6.31. The van der Waals surface area contributed by atoms with E-state index in [9.17, 15) is 0 Å². The molecule has 0 aromatic heterocycles. The van der Waals surface area contributed by atoms with Crippen molar-refractivity contribution < 1.29 is 9.47 Å². The maximum atomic E-state index is 5.27. The van der Waals surface area contributed by atoms with Gasteiger partial charge in [-0.05, 0) is 24.7 Å². The van der Waals surface area contributed by atoms with Gasteiger partial charge in [-0.2, -0.15) is 0 Å². The number of ether oxygens (including phenoxy) is 2. The molecule has 1 aliphatic rings. The Morgan fingerprint density at radius 1 is 1.36 bits per heavy atom. The smallest absolute Gasteiger partial charge is 0.231 e. The lowest BCUT2D eigenvalue weighted by Crippen LogP contribution is -2.05. The average Bonchev–Trinajstić information content (AvgIpc) is 2.52. The van der Waals surface area contributed by atoms with Crippen molar-refractivity contribution in [3.05, 3.63) is 22.2 Å². The van der Waals surface area contributed by atoms with Crippen molar-refractivity contribution in [2.24, 2.45) is 0 Å². The van der Waals surface area contributed by atoms with Gasteiger partial charge in [0.25, 0.3) is 0 Å². The van der Waals surface area contributed by atoms with Crippen LogP contribution in [-0.2, 0) is 6.54 Å². The quantitative estimate of drug-likeness (QED) is 0.902. The number of halogens is 2. The summed E-state index contributed by atoms with van der Waals surface area (Å²) in [6.07, 6.45) is 0. The summed E-state index contributed by atoms with van der Waals surface area (Å²) in [5, 5.41) is 3.09. The molecule has 0 amide bonds. The van der Waals surface area contributed by atoms with Crippen LogP contribution in [0.5, 0.6) is 11.5 Å². The van der Waals surface area contributed by atoms with E-state index in [1.165, 1.54) is 5.56 Å². The minimum Gasteiger partial charge on any atom is -0.454 e. The van der Waals surface area contributed by atoms with Gasteiger partial charge in [-0.3, -0.25) is 0 Å². The van der Waals surface area contributed by atoms with Crippen molar-refractivity contribution >= 4 is 28.3 Å². The van der Waals surface area contributed by atoms with Crippen molar-refractivity contribution in [2.75, 3.05) is 13.8 Å². The predicted molar refractivity (Wildman–Crippen MR) is 60.3 cm³/mol. The van der Waals surface area contributed by atoms with Crippen LogP contribution >= 0.6 is 28.3 Å². The number of hydrogen-bond donors (Lipinski definition) is 1. The van der Waals surface area contributed by atoms with Gasteiger partial charge in [0, 0.05) is 11.0 Å². The second-order valence-electron chi connectivity index (χ2n) is 2.83. The molecule has 0 spiro atoms. The fourth-order valence-electron chi connectivity index (χ4n) is 1.29. The third-order valence-corrected chi connectivity index (χ3v) is 2.65. The molecule has 14 heavy (non-hydrogen) atoms. The second kappa shape index (κ2) is 4.87. The molecule has 0 unspecified atom stereocenters. The lowest BCUT2D eigenvalue weighted by atomic mass is 10.2. The Morgan fingerprint density at radius 3 is 2.64 bits per heavy atom. The van der Waals surface area contributed by atoms with Crippen LogP contribution in [0.25, 0.3) is 0 Å². The summed E-state index contributed by atoms with van der Waals surface area (Å²) < 4.78 is 11.6. The van der Waals surface area contributed by atoms with E-state index in [0.717, 1.165) is 22.5 Å². The highest BCUT2D eigenvalue weighted by Gasteiger charge is 2.15. The summed E-state index contributed by atoms with van der Waals surface area (Å²) in [5.41, 5.74) is 1.17. The number of rotatable bonds is 2. The van der Waals surface area contributed by atoms with Crippen LogP contribution in [0.3, 0.4) is 0 Å². The highest BCUT2D eigenvalue weighted by Crippen LogP contribution is 2.36. The summed E-state index contributed by atoms with van der Waals surface area (Å²) in [6, 6.07) is 3.93. The zero-order valence-corrected chi connectivity index (χ0v) is 10.1. The van der Waals surface area contributed by atoms with Crippen molar-refractivity contribution in [1.29, 1.82) is 0 Å². The van der Waals surface area contributed by atoms with Gasteiger partial charge in [0.15, 0.2) is 11.5 Å². The van der Waals surface area contributed by atoms with Gasteiger partial charge in [-0.15, -0.1) is 12.4 Å². The first kappa shape index (κ1) is 11.6. The van der Waals surface area contributed by atoms with Gasteiger partial charge in [0.2, 0.25) is 6.79 Å². The number of benzene rings is 1. The largest absolute Gasteiger partial charge is 0.454 e. The van der Waals surface area contributed by atoms with Crippen LogP contribution in [0.1, 0.15) is 5.56 Å². The molecule has 0 fully saturated rings. The van der Waals surface area contributed by atoms with Crippen LogP contribution in [0.4, 0.5) is 0 Å². The molecule has 1 aliphatic heterocycles. The molecule has 0 radical (unpaired) electrons. The Bertz CT molecular complexity index is 333. The molecular formula is C9H11BrClNO2. The van der Waals surface area contributed by atoms with Gasteiger partial charge in [-0.25, -0.2) is 0 Å². The number of fused-ring (bicyclic) bond motifs is 1. The zero-order valence-electron chi connectivity index (χ0n) is 7.67. The maximum absolute atomic E-state index is 5.27. The summed E-state index contributed by atoms with van der Waals surface area (Å²) in [6.45, 7) is 1.14. The Balaban J connectivity index is 0.000000980. The van der Waals surface area contributed by atoms with E-state index in [0.29, 0.717) is 6.79 Å². The summed E-state index contributed by atoms with van der Waals surface area (Å²) in [4.78, 5) is 0. The third kappa shape index (κ3) is 2.13. The normalized spacial score (nSPS) is 12.4. The predicted octanol–water partition coefficient (Wildman–Crippen LogP) is 2.32. The standard InChI is InChI=1S/C9H10BrNO2.ClH/c1-11-4-6-2-8-9(3-7(6)10)13-5-12-8;/h2-3,11H,4-5H2,1H3;1H. The lowest BCUT2D eigenvalue weighted by Gasteiger charge is -2.04. The Labute approximate surface area is 97.3 Å². The van der Waals surface area contributed by atoms with E-state index in [4.69, 9.17) is 9.47 Å². The lowest BCUT2D eigenvalue weighted by molar-refractivity contribution is 0.174. The Morgan fingerprint density at radius 2 is 2.00 bits per heavy atom. The minimum absolute atomic E-state index is 0. The van der Waals surface area contributed by atoms with Crippen molar-refractivity contribution in [3.63, 3.8) is 0 Å². The number of nitrogens with one attached hydrogen (secondary N) is 1. The van der Waals surface area contributed by atoms with Gasteiger partial charge >= 0.3 is 0 Å². The van der Waals surface area contributed by atoms with Crippen molar-refractivity contribution in [3.8, 4) is 11.5 Å². The second-order valence-corrected chi connectivity index (χ2v) is 3.68.